The molecule has 0 spiro atoms. The van der Waals surface area contributed by atoms with E-state index in [4.69, 9.17) is 19.3 Å². The van der Waals surface area contributed by atoms with Gasteiger partial charge in [0, 0.05) is 0 Å². The van der Waals surface area contributed by atoms with Gasteiger partial charge in [0.2, 0.25) is 10.0 Å². The van der Waals surface area contributed by atoms with Crippen molar-refractivity contribution in [3.8, 4) is 11.5 Å². The van der Waals surface area contributed by atoms with Crippen molar-refractivity contribution in [2.45, 2.75) is 0 Å². The number of methoxy groups -OCH3 is 1. The van der Waals surface area contributed by atoms with Crippen LogP contribution in [0.3, 0.4) is 0 Å². The predicted octanol–water partition coefficient (Wildman–Crippen LogP) is 0.287. The van der Waals surface area contributed by atoms with Gasteiger partial charge in [0.1, 0.15) is 12.4 Å². The van der Waals surface area contributed by atoms with Gasteiger partial charge >= 0.3 is 5.69 Å². The number of primary sulfonamides is 1. The van der Waals surface area contributed by atoms with Gasteiger partial charge in [-0.1, -0.05) is 0 Å². The second kappa shape index (κ2) is 7.76. The normalized spacial score (nSPS) is 11.1. The lowest BCUT2D eigenvalue weighted by atomic mass is 10.3. The van der Waals surface area contributed by atoms with Gasteiger partial charge in [-0.25, -0.2) is 13.6 Å². The molecule has 0 amide bonds. The summed E-state index contributed by atoms with van der Waals surface area (Å²) in [5, 5.41) is 15.6. The zero-order chi connectivity index (χ0) is 15.9. The van der Waals surface area contributed by atoms with Gasteiger partial charge < -0.3 is 14.2 Å². The van der Waals surface area contributed by atoms with Crippen LogP contribution in [0.4, 0.5) is 5.69 Å². The molecule has 0 bridgehead atoms. The average Bonchev–Trinajstić information content (AvgIpc) is 2.41. The Bertz CT molecular complexity index is 588. The van der Waals surface area contributed by atoms with Gasteiger partial charge in [-0.05, 0) is 12.1 Å². The molecule has 0 aliphatic carbocycles. The smallest absolute Gasteiger partial charge is 0.314 e. The van der Waals surface area contributed by atoms with Gasteiger partial charge in [0.25, 0.3) is 0 Å². The Morgan fingerprint density at radius 3 is 2.57 bits per heavy atom. The van der Waals surface area contributed by atoms with E-state index in [1.807, 2.05) is 0 Å². The molecule has 2 N–H and O–H groups in total. The molecule has 0 atom stereocenters. The minimum Gasteiger partial charge on any atom is -0.491 e. The fraction of sp³-hybridized carbons (Fsp3) is 0.455. The highest BCUT2D eigenvalue weighted by Gasteiger charge is 2.15. The molecule has 0 fully saturated rings. The maximum Gasteiger partial charge on any atom is 0.314 e. The summed E-state index contributed by atoms with van der Waals surface area (Å²) < 4.78 is 36.4. The number of rotatable bonds is 9. The first-order valence-electron chi connectivity index (χ1n) is 5.87. The second-order valence-electron chi connectivity index (χ2n) is 3.92. The van der Waals surface area contributed by atoms with E-state index in [-0.39, 0.29) is 42.8 Å². The molecule has 10 heteroatoms. The summed E-state index contributed by atoms with van der Waals surface area (Å²) in [6, 6.07) is 4.19. The first kappa shape index (κ1) is 17.1. The summed E-state index contributed by atoms with van der Waals surface area (Å²) in [6.07, 6.45) is 0. The van der Waals surface area contributed by atoms with Crippen molar-refractivity contribution >= 4 is 15.7 Å². The fourth-order valence-corrected chi connectivity index (χ4v) is 1.75. The summed E-state index contributed by atoms with van der Waals surface area (Å²) >= 11 is 0. The molecule has 1 aromatic rings. The zero-order valence-electron chi connectivity index (χ0n) is 11.4. The molecule has 0 radical (unpaired) electrons. The van der Waals surface area contributed by atoms with E-state index in [1.54, 1.807) is 0 Å². The number of sulfonamides is 1. The van der Waals surface area contributed by atoms with Crippen molar-refractivity contribution in [1.82, 2.24) is 0 Å². The lowest BCUT2D eigenvalue weighted by Gasteiger charge is -2.08. The third-order valence-corrected chi connectivity index (χ3v) is 3.09. The van der Waals surface area contributed by atoms with E-state index in [1.165, 1.54) is 25.3 Å². The molecule has 0 saturated carbocycles. The minimum absolute atomic E-state index is 0.0368. The Hall–Kier alpha value is -1.91. The second-order valence-corrected chi connectivity index (χ2v) is 5.65. The Morgan fingerprint density at radius 1 is 1.29 bits per heavy atom. The van der Waals surface area contributed by atoms with Gasteiger partial charge in [-0.3, -0.25) is 10.1 Å². The molecular formula is C11H16N2O7S. The molecular weight excluding hydrogens is 304 g/mol. The Labute approximate surface area is 121 Å². The molecule has 0 saturated heterocycles. The summed E-state index contributed by atoms with van der Waals surface area (Å²) in [4.78, 5) is 10.2. The highest BCUT2D eigenvalue weighted by Crippen LogP contribution is 2.30. The van der Waals surface area contributed by atoms with E-state index >= 15 is 0 Å². The first-order chi connectivity index (χ1) is 9.83. The number of benzene rings is 1. The Balaban J connectivity index is 2.42. The van der Waals surface area contributed by atoms with Crippen LogP contribution in [0.2, 0.25) is 0 Å². The predicted molar refractivity (Wildman–Crippen MR) is 73.9 cm³/mol. The van der Waals surface area contributed by atoms with Crippen LogP contribution in [0.1, 0.15) is 0 Å². The van der Waals surface area contributed by atoms with E-state index in [0.717, 1.165) is 0 Å². The van der Waals surface area contributed by atoms with Gasteiger partial charge in [-0.15, -0.1) is 0 Å². The van der Waals surface area contributed by atoms with Crippen molar-refractivity contribution in [3.05, 3.63) is 28.3 Å². The number of nitrogens with two attached hydrogens (primary N) is 1. The quantitative estimate of drug-likeness (QED) is 0.393. The van der Waals surface area contributed by atoms with Crippen LogP contribution in [0, 0.1) is 10.1 Å². The summed E-state index contributed by atoms with van der Waals surface area (Å²) in [7, 11) is -2.21. The minimum atomic E-state index is -3.54. The van der Waals surface area contributed by atoms with E-state index in [9.17, 15) is 18.5 Å². The van der Waals surface area contributed by atoms with Crippen LogP contribution in [0.15, 0.2) is 18.2 Å². The third kappa shape index (κ3) is 6.38. The molecule has 21 heavy (non-hydrogen) atoms. The van der Waals surface area contributed by atoms with E-state index < -0.39 is 14.9 Å². The SMILES string of the molecule is COc1ccc(OCCOCCS(N)(=O)=O)cc1[N+](=O)[O-]. The molecule has 9 nitrogen and oxygen atoms in total. The van der Waals surface area contributed by atoms with Crippen LogP contribution in [-0.4, -0.2) is 46.0 Å². The van der Waals surface area contributed by atoms with Crippen molar-refractivity contribution < 1.29 is 27.6 Å². The molecule has 0 aliphatic heterocycles. The van der Waals surface area contributed by atoms with Gasteiger partial charge in [0.15, 0.2) is 5.75 Å². The number of hydrogen-bond donors (Lipinski definition) is 1. The standard InChI is InChI=1S/C11H16N2O7S/c1-18-11-3-2-9(8-10(11)13(14)15)20-5-4-19-6-7-21(12,16)17/h2-3,8H,4-7H2,1H3,(H2,12,16,17). The lowest BCUT2D eigenvalue weighted by Crippen LogP contribution is -2.21. The fourth-order valence-electron chi connectivity index (χ4n) is 1.40. The van der Waals surface area contributed by atoms with Crippen LogP contribution >= 0.6 is 0 Å². The van der Waals surface area contributed by atoms with Crippen molar-refractivity contribution in [1.29, 1.82) is 0 Å². The zero-order valence-corrected chi connectivity index (χ0v) is 12.2. The van der Waals surface area contributed by atoms with Crippen molar-refractivity contribution in [2.24, 2.45) is 5.14 Å². The highest BCUT2D eigenvalue weighted by atomic mass is 32.2. The van der Waals surface area contributed by atoms with Crippen LogP contribution < -0.4 is 14.6 Å². The molecule has 0 aromatic heterocycles. The summed E-state index contributed by atoms with van der Waals surface area (Å²) in [5.74, 6) is 0.148. The molecule has 0 aliphatic rings. The van der Waals surface area contributed by atoms with Gasteiger partial charge in [0.05, 0.1) is 37.1 Å². The van der Waals surface area contributed by atoms with Crippen LogP contribution in [0.25, 0.3) is 0 Å². The average molecular weight is 320 g/mol. The van der Waals surface area contributed by atoms with E-state index in [0.29, 0.717) is 0 Å². The topological polar surface area (TPSA) is 131 Å². The van der Waals surface area contributed by atoms with Gasteiger partial charge in [-0.2, -0.15) is 0 Å². The molecule has 118 valence electrons. The monoisotopic (exact) mass is 320 g/mol. The Kier molecular flexibility index (Phi) is 6.34. The Morgan fingerprint density at radius 2 is 2.00 bits per heavy atom. The lowest BCUT2D eigenvalue weighted by molar-refractivity contribution is -0.385. The molecule has 0 heterocycles. The van der Waals surface area contributed by atoms with E-state index in [2.05, 4.69) is 0 Å². The number of nitrogens with zero attached hydrogens (tertiary/aromatic N) is 1. The number of nitro benzene ring substituents is 1. The van der Waals surface area contributed by atoms with Crippen LogP contribution in [-0.2, 0) is 14.8 Å². The van der Waals surface area contributed by atoms with Crippen molar-refractivity contribution in [3.63, 3.8) is 0 Å². The highest BCUT2D eigenvalue weighted by molar-refractivity contribution is 7.89. The number of nitro groups is 1. The summed E-state index contributed by atoms with van der Waals surface area (Å²) in [5.41, 5.74) is -0.204. The maximum absolute atomic E-state index is 10.8. The maximum atomic E-state index is 10.8. The molecule has 1 rings (SSSR count). The molecule has 0 unspecified atom stereocenters. The number of hydrogen-bond acceptors (Lipinski definition) is 7. The summed E-state index contributed by atoms with van der Waals surface area (Å²) in [6.45, 7) is 0.217. The van der Waals surface area contributed by atoms with Crippen LogP contribution in [0.5, 0.6) is 11.5 Å². The largest absolute Gasteiger partial charge is 0.491 e. The number of ether oxygens (including phenoxy) is 3. The first-order valence-corrected chi connectivity index (χ1v) is 7.58. The van der Waals surface area contributed by atoms with Crippen molar-refractivity contribution in [2.75, 3.05) is 32.7 Å². The molecule has 1 aromatic carbocycles. The third-order valence-electron chi connectivity index (χ3n) is 2.36.